The maximum absolute atomic E-state index is 3.44. The molecule has 0 aromatic carbocycles. The van der Waals surface area contributed by atoms with Crippen LogP contribution in [0.1, 0.15) is 69.2 Å². The molecule has 0 aromatic rings. The second-order valence-electron chi connectivity index (χ2n) is 7.25. The first-order valence-electron chi connectivity index (χ1n) is 7.50. The van der Waals surface area contributed by atoms with Gasteiger partial charge in [0.2, 0.25) is 0 Å². The van der Waals surface area contributed by atoms with E-state index in [4.69, 9.17) is 0 Å². The number of hydrogen-bond acceptors (Lipinski definition) is 0. The fraction of sp³-hybridized carbons (Fsp3) is 0.600. The number of rotatable bonds is 0. The minimum atomic E-state index is 0. The van der Waals surface area contributed by atoms with Gasteiger partial charge in [0.15, 0.2) is 0 Å². The third-order valence-corrected chi connectivity index (χ3v) is 5.12. The van der Waals surface area contributed by atoms with E-state index >= 15 is 0 Å². The molecule has 21 heavy (non-hydrogen) atoms. The van der Waals surface area contributed by atoms with E-state index in [1.165, 1.54) is 33.4 Å². The minimum Gasteiger partial charge on any atom is -0.263 e. The Morgan fingerprint density at radius 1 is 0.571 bits per heavy atom. The Kier molecular flexibility index (Phi) is 6.88. The Morgan fingerprint density at radius 2 is 0.810 bits per heavy atom. The predicted octanol–water partition coefficient (Wildman–Crippen LogP) is 6.22. The van der Waals surface area contributed by atoms with Crippen LogP contribution >= 0.6 is 0 Å². The molecule has 0 bridgehead atoms. The average Bonchev–Trinajstić information content (AvgIpc) is 2.60. The van der Waals surface area contributed by atoms with Crippen molar-refractivity contribution in [3.63, 3.8) is 0 Å². The Balaban J connectivity index is 0.000000364. The van der Waals surface area contributed by atoms with Crippen LogP contribution in [0.25, 0.3) is 0 Å². The van der Waals surface area contributed by atoms with Gasteiger partial charge in [-0.1, -0.05) is 66.2 Å². The molecule has 0 saturated heterocycles. The van der Waals surface area contributed by atoms with Crippen molar-refractivity contribution < 1.29 is 25.8 Å². The molecule has 0 aliphatic heterocycles. The van der Waals surface area contributed by atoms with Crippen LogP contribution in [0.5, 0.6) is 0 Å². The van der Waals surface area contributed by atoms with Crippen molar-refractivity contribution in [2.75, 3.05) is 0 Å². The Hall–Kier alpha value is -0.170. The van der Waals surface area contributed by atoms with E-state index < -0.39 is 0 Å². The van der Waals surface area contributed by atoms with Gasteiger partial charge < -0.3 is 0 Å². The standard InChI is InChI=1S/2C10H15.Hf/c2*1-7-6-10(4,5)9(3)8(7)2;/h2*1-5H3;/q2*-1;+4. The van der Waals surface area contributed by atoms with Crippen molar-refractivity contribution in [3.05, 3.63) is 45.6 Å². The molecule has 2 aliphatic carbocycles. The van der Waals surface area contributed by atoms with Crippen LogP contribution in [0, 0.1) is 23.0 Å². The first-order valence-corrected chi connectivity index (χ1v) is 7.50. The molecule has 0 fully saturated rings. The largest absolute Gasteiger partial charge is 4.00 e. The molecule has 0 N–H and O–H groups in total. The molecular formula is C20H30Hf+2. The predicted molar refractivity (Wildman–Crippen MR) is 89.2 cm³/mol. The van der Waals surface area contributed by atoms with E-state index in [1.807, 2.05) is 0 Å². The van der Waals surface area contributed by atoms with Gasteiger partial charge >= 0.3 is 25.8 Å². The summed E-state index contributed by atoms with van der Waals surface area (Å²) < 4.78 is 0. The van der Waals surface area contributed by atoms with E-state index in [-0.39, 0.29) is 36.7 Å². The summed E-state index contributed by atoms with van der Waals surface area (Å²) in [5.74, 6) is 0. The maximum atomic E-state index is 3.44. The Morgan fingerprint density at radius 3 is 0.857 bits per heavy atom. The monoisotopic (exact) mass is 450 g/mol. The third kappa shape index (κ3) is 4.41. The van der Waals surface area contributed by atoms with Gasteiger partial charge in [0.05, 0.1) is 0 Å². The SMILES string of the molecule is CC1=[C-]C(C)(C)C(C)=C1C.CC1=[C-]C(C)(C)C(C)=C1C.[Hf+4]. The van der Waals surface area contributed by atoms with Gasteiger partial charge in [0.1, 0.15) is 0 Å². The van der Waals surface area contributed by atoms with Crippen LogP contribution in [0.4, 0.5) is 0 Å². The fourth-order valence-electron chi connectivity index (χ4n) is 2.81. The average molecular weight is 449 g/mol. The third-order valence-electron chi connectivity index (χ3n) is 5.12. The minimum absolute atomic E-state index is 0. The summed E-state index contributed by atoms with van der Waals surface area (Å²) in [5.41, 5.74) is 8.79. The fourth-order valence-corrected chi connectivity index (χ4v) is 2.81. The zero-order valence-electron chi connectivity index (χ0n) is 15.5. The zero-order chi connectivity index (χ0) is 15.9. The van der Waals surface area contributed by atoms with E-state index in [0.29, 0.717) is 0 Å². The van der Waals surface area contributed by atoms with Crippen LogP contribution in [0.2, 0.25) is 0 Å². The summed E-state index contributed by atoms with van der Waals surface area (Å²) in [6.07, 6.45) is 6.87. The van der Waals surface area contributed by atoms with Gasteiger partial charge in [-0.25, -0.2) is 11.1 Å². The first-order chi connectivity index (χ1) is 8.90. The topological polar surface area (TPSA) is 0 Å². The molecule has 0 spiro atoms. The summed E-state index contributed by atoms with van der Waals surface area (Å²) >= 11 is 0. The van der Waals surface area contributed by atoms with E-state index in [9.17, 15) is 0 Å². The Labute approximate surface area is 151 Å². The van der Waals surface area contributed by atoms with E-state index in [0.717, 1.165) is 0 Å². The molecule has 0 radical (unpaired) electrons. The van der Waals surface area contributed by atoms with E-state index in [1.54, 1.807) is 0 Å². The number of hydrogen-bond donors (Lipinski definition) is 0. The van der Waals surface area contributed by atoms with Crippen LogP contribution in [-0.2, 0) is 25.8 Å². The molecule has 2 aliphatic rings. The van der Waals surface area contributed by atoms with Gasteiger partial charge in [0, 0.05) is 0 Å². The van der Waals surface area contributed by atoms with Crippen molar-refractivity contribution in [1.29, 1.82) is 0 Å². The summed E-state index contributed by atoms with van der Waals surface area (Å²) in [5, 5.41) is 0. The van der Waals surface area contributed by atoms with Crippen molar-refractivity contribution >= 4 is 0 Å². The summed E-state index contributed by atoms with van der Waals surface area (Å²) in [6.45, 7) is 21.8. The van der Waals surface area contributed by atoms with Crippen LogP contribution in [0.3, 0.4) is 0 Å². The molecule has 0 heterocycles. The second kappa shape index (κ2) is 6.94. The second-order valence-corrected chi connectivity index (χ2v) is 7.25. The molecule has 0 atom stereocenters. The van der Waals surface area contributed by atoms with Crippen molar-refractivity contribution in [1.82, 2.24) is 0 Å². The molecule has 2 rings (SSSR count). The summed E-state index contributed by atoms with van der Waals surface area (Å²) in [7, 11) is 0. The molecule has 0 saturated carbocycles. The van der Waals surface area contributed by atoms with Crippen molar-refractivity contribution in [3.8, 4) is 0 Å². The summed E-state index contributed by atoms with van der Waals surface area (Å²) in [4.78, 5) is 0. The molecule has 0 amide bonds. The summed E-state index contributed by atoms with van der Waals surface area (Å²) in [6, 6.07) is 0. The van der Waals surface area contributed by atoms with Crippen LogP contribution < -0.4 is 0 Å². The Bertz CT molecular complexity index is 484. The smallest absolute Gasteiger partial charge is 0.263 e. The quantitative estimate of drug-likeness (QED) is 0.305. The molecular weight excluding hydrogens is 419 g/mol. The van der Waals surface area contributed by atoms with Gasteiger partial charge in [-0.2, -0.15) is 22.3 Å². The zero-order valence-corrected chi connectivity index (χ0v) is 19.1. The normalized spacial score (nSPS) is 22.4. The van der Waals surface area contributed by atoms with Crippen molar-refractivity contribution in [2.24, 2.45) is 10.8 Å². The van der Waals surface area contributed by atoms with Gasteiger partial charge in [0.25, 0.3) is 0 Å². The van der Waals surface area contributed by atoms with Gasteiger partial charge in [-0.05, 0) is 0 Å². The first kappa shape index (κ1) is 20.8. The van der Waals surface area contributed by atoms with Gasteiger partial charge in [-0.15, -0.1) is 13.8 Å². The molecule has 112 valence electrons. The molecule has 0 unspecified atom stereocenters. The van der Waals surface area contributed by atoms with E-state index in [2.05, 4.69) is 81.4 Å². The van der Waals surface area contributed by atoms with Crippen LogP contribution in [0.15, 0.2) is 33.4 Å². The molecule has 1 heteroatoms. The van der Waals surface area contributed by atoms with Gasteiger partial charge in [-0.3, -0.25) is 12.2 Å². The maximum Gasteiger partial charge on any atom is 4.00 e. The number of allylic oxidation sites excluding steroid dienone is 8. The van der Waals surface area contributed by atoms with Crippen LogP contribution in [-0.4, -0.2) is 0 Å². The molecule has 0 aromatic heterocycles. The molecule has 0 nitrogen and oxygen atoms in total. The van der Waals surface area contributed by atoms with Crippen molar-refractivity contribution in [2.45, 2.75) is 69.2 Å².